The summed E-state index contributed by atoms with van der Waals surface area (Å²) in [6, 6.07) is 3.92. The molecule has 18 heavy (non-hydrogen) atoms. The van der Waals surface area contributed by atoms with Crippen molar-refractivity contribution in [2.75, 3.05) is 18.1 Å². The molecule has 1 aromatic carbocycles. The summed E-state index contributed by atoms with van der Waals surface area (Å²) in [6.45, 7) is 8.72. The van der Waals surface area contributed by atoms with Gasteiger partial charge in [0.1, 0.15) is 5.75 Å². The van der Waals surface area contributed by atoms with E-state index in [0.717, 1.165) is 34.6 Å². The Hall–Kier alpha value is -0.960. The van der Waals surface area contributed by atoms with Crippen LogP contribution in [0.4, 0.5) is 0 Å². The minimum atomic E-state index is 0.167. The quantitative estimate of drug-likeness (QED) is 0.550. The van der Waals surface area contributed by atoms with Crippen LogP contribution in [-0.2, 0) is 0 Å². The number of carbonyl (C=O) groups is 1. The number of carbonyl (C=O) groups excluding carboxylic acids is 1. The van der Waals surface area contributed by atoms with Gasteiger partial charge < -0.3 is 4.74 Å². The second-order valence-electron chi connectivity index (χ2n) is 4.34. The Labute approximate surface area is 114 Å². The first-order chi connectivity index (χ1) is 8.60. The zero-order chi connectivity index (χ0) is 13.5. The van der Waals surface area contributed by atoms with Crippen molar-refractivity contribution in [2.24, 2.45) is 0 Å². The number of Topliss-reactive ketones (excluding diaryl/α,β-unsaturated/α-hetero) is 1. The molecule has 1 aromatic rings. The first kappa shape index (κ1) is 15.1. The third-order valence-corrected chi connectivity index (χ3v) is 3.94. The van der Waals surface area contributed by atoms with Gasteiger partial charge in [0, 0.05) is 0 Å². The molecular weight excluding hydrogens is 244 g/mol. The zero-order valence-electron chi connectivity index (χ0n) is 11.7. The van der Waals surface area contributed by atoms with Crippen molar-refractivity contribution >= 4 is 17.5 Å². The van der Waals surface area contributed by atoms with E-state index in [2.05, 4.69) is 6.92 Å². The van der Waals surface area contributed by atoms with Gasteiger partial charge in [-0.15, -0.1) is 0 Å². The second-order valence-corrected chi connectivity index (χ2v) is 5.45. The van der Waals surface area contributed by atoms with Crippen LogP contribution in [0.25, 0.3) is 0 Å². The Balaban J connectivity index is 2.91. The van der Waals surface area contributed by atoms with Gasteiger partial charge in [-0.05, 0) is 56.2 Å². The van der Waals surface area contributed by atoms with Gasteiger partial charge in [-0.3, -0.25) is 4.79 Å². The zero-order valence-corrected chi connectivity index (χ0v) is 12.5. The van der Waals surface area contributed by atoms with Crippen molar-refractivity contribution in [3.05, 3.63) is 28.8 Å². The smallest absolute Gasteiger partial charge is 0.176 e. The molecule has 0 atom stereocenters. The molecule has 0 bridgehead atoms. The Morgan fingerprint density at radius 3 is 2.50 bits per heavy atom. The van der Waals surface area contributed by atoms with Crippen LogP contribution in [0.2, 0.25) is 0 Å². The van der Waals surface area contributed by atoms with Crippen molar-refractivity contribution in [3.8, 4) is 5.75 Å². The summed E-state index contributed by atoms with van der Waals surface area (Å²) in [5.74, 6) is 2.46. The molecule has 0 saturated carbocycles. The SMILES string of the molecule is CCCSCC(=O)c1cc(C)c(C)cc1OCC. The van der Waals surface area contributed by atoms with Crippen molar-refractivity contribution in [1.29, 1.82) is 0 Å². The highest BCUT2D eigenvalue weighted by atomic mass is 32.2. The monoisotopic (exact) mass is 266 g/mol. The van der Waals surface area contributed by atoms with E-state index in [1.165, 1.54) is 0 Å². The highest BCUT2D eigenvalue weighted by molar-refractivity contribution is 7.99. The van der Waals surface area contributed by atoms with E-state index in [-0.39, 0.29) is 5.78 Å². The molecule has 0 aliphatic rings. The summed E-state index contributed by atoms with van der Waals surface area (Å²) < 4.78 is 5.57. The van der Waals surface area contributed by atoms with Crippen molar-refractivity contribution < 1.29 is 9.53 Å². The predicted molar refractivity (Wildman–Crippen MR) is 79.0 cm³/mol. The van der Waals surface area contributed by atoms with E-state index < -0.39 is 0 Å². The first-order valence-corrected chi connectivity index (χ1v) is 7.60. The minimum Gasteiger partial charge on any atom is -0.493 e. The number of rotatable bonds is 7. The van der Waals surface area contributed by atoms with Crippen molar-refractivity contribution in [2.45, 2.75) is 34.1 Å². The fraction of sp³-hybridized carbons (Fsp3) is 0.533. The summed E-state index contributed by atoms with van der Waals surface area (Å²) in [7, 11) is 0. The standard InChI is InChI=1S/C15H22O2S/c1-5-7-18-10-14(16)13-8-11(3)12(4)9-15(13)17-6-2/h8-9H,5-7,10H2,1-4H3. The number of hydrogen-bond acceptors (Lipinski definition) is 3. The fourth-order valence-electron chi connectivity index (χ4n) is 1.67. The van der Waals surface area contributed by atoms with E-state index in [4.69, 9.17) is 4.74 Å². The van der Waals surface area contributed by atoms with Crippen molar-refractivity contribution in [3.63, 3.8) is 0 Å². The molecule has 0 saturated heterocycles. The summed E-state index contributed by atoms with van der Waals surface area (Å²) in [5, 5.41) is 0. The largest absolute Gasteiger partial charge is 0.493 e. The average molecular weight is 266 g/mol. The van der Waals surface area contributed by atoms with Crippen LogP contribution in [0, 0.1) is 13.8 Å². The summed E-state index contributed by atoms with van der Waals surface area (Å²) in [6.07, 6.45) is 1.10. The fourth-order valence-corrected chi connectivity index (χ4v) is 2.44. The molecule has 0 radical (unpaired) electrons. The maximum absolute atomic E-state index is 12.2. The molecule has 0 unspecified atom stereocenters. The molecule has 0 aromatic heterocycles. The average Bonchev–Trinajstić information content (AvgIpc) is 2.34. The molecule has 1 rings (SSSR count). The third kappa shape index (κ3) is 4.05. The molecule has 0 N–H and O–H groups in total. The molecule has 2 nitrogen and oxygen atoms in total. The molecule has 100 valence electrons. The normalized spacial score (nSPS) is 10.4. The van der Waals surface area contributed by atoms with Crippen molar-refractivity contribution in [1.82, 2.24) is 0 Å². The highest BCUT2D eigenvalue weighted by Gasteiger charge is 2.14. The molecule has 0 amide bonds. The van der Waals surface area contributed by atoms with E-state index in [9.17, 15) is 4.79 Å². The number of ketones is 1. The van der Waals surface area contributed by atoms with Crippen LogP contribution in [0.15, 0.2) is 12.1 Å². The minimum absolute atomic E-state index is 0.167. The van der Waals surface area contributed by atoms with Gasteiger partial charge in [0.2, 0.25) is 0 Å². The highest BCUT2D eigenvalue weighted by Crippen LogP contribution is 2.25. The number of hydrogen-bond donors (Lipinski definition) is 0. The topological polar surface area (TPSA) is 26.3 Å². The number of aryl methyl sites for hydroxylation is 2. The van der Waals surface area contributed by atoms with Gasteiger partial charge in [0.05, 0.1) is 17.9 Å². The number of thioether (sulfide) groups is 1. The van der Waals surface area contributed by atoms with Gasteiger partial charge in [-0.25, -0.2) is 0 Å². The maximum Gasteiger partial charge on any atom is 0.176 e. The Kier molecular flexibility index (Phi) is 6.27. The Bertz CT molecular complexity index is 413. The second kappa shape index (κ2) is 7.47. The predicted octanol–water partition coefficient (Wildman–Crippen LogP) is 4.03. The maximum atomic E-state index is 12.2. The van der Waals surface area contributed by atoms with Gasteiger partial charge >= 0.3 is 0 Å². The van der Waals surface area contributed by atoms with Gasteiger partial charge in [-0.2, -0.15) is 11.8 Å². The van der Waals surface area contributed by atoms with E-state index in [0.29, 0.717) is 12.4 Å². The molecular formula is C15H22O2S. The van der Waals surface area contributed by atoms with Crippen LogP contribution in [0.3, 0.4) is 0 Å². The third-order valence-electron chi connectivity index (χ3n) is 2.78. The lowest BCUT2D eigenvalue weighted by Gasteiger charge is -2.12. The lowest BCUT2D eigenvalue weighted by atomic mass is 10.0. The lowest BCUT2D eigenvalue weighted by Crippen LogP contribution is -2.08. The molecule has 0 spiro atoms. The molecule has 3 heteroatoms. The van der Waals surface area contributed by atoms with Gasteiger partial charge in [0.15, 0.2) is 5.78 Å². The molecule has 0 fully saturated rings. The first-order valence-electron chi connectivity index (χ1n) is 6.45. The van der Waals surface area contributed by atoms with E-state index in [1.54, 1.807) is 11.8 Å². The summed E-state index contributed by atoms with van der Waals surface area (Å²) in [4.78, 5) is 12.2. The van der Waals surface area contributed by atoms with Crippen LogP contribution >= 0.6 is 11.8 Å². The van der Waals surface area contributed by atoms with E-state index in [1.807, 2.05) is 32.9 Å². The van der Waals surface area contributed by atoms with Crippen LogP contribution in [0.5, 0.6) is 5.75 Å². The molecule has 0 aliphatic carbocycles. The summed E-state index contributed by atoms with van der Waals surface area (Å²) >= 11 is 1.69. The lowest BCUT2D eigenvalue weighted by molar-refractivity contribution is 0.101. The molecule has 0 heterocycles. The number of benzene rings is 1. The Morgan fingerprint density at radius 1 is 1.22 bits per heavy atom. The Morgan fingerprint density at radius 2 is 1.89 bits per heavy atom. The summed E-state index contributed by atoms with van der Waals surface area (Å²) in [5.41, 5.74) is 3.03. The number of ether oxygens (including phenoxy) is 1. The van der Waals surface area contributed by atoms with E-state index >= 15 is 0 Å². The van der Waals surface area contributed by atoms with Gasteiger partial charge in [0.25, 0.3) is 0 Å². The van der Waals surface area contributed by atoms with Crippen LogP contribution in [-0.4, -0.2) is 23.9 Å². The molecule has 0 aliphatic heterocycles. The van der Waals surface area contributed by atoms with Gasteiger partial charge in [-0.1, -0.05) is 6.92 Å². The van der Waals surface area contributed by atoms with Crippen LogP contribution < -0.4 is 4.74 Å². The van der Waals surface area contributed by atoms with Crippen LogP contribution in [0.1, 0.15) is 41.8 Å².